The van der Waals surface area contributed by atoms with Crippen molar-refractivity contribution < 1.29 is 9.32 Å². The van der Waals surface area contributed by atoms with Crippen LogP contribution in [0.25, 0.3) is 28.0 Å². The average molecular weight is 438 g/mol. The Morgan fingerprint density at radius 2 is 1.85 bits per heavy atom. The van der Waals surface area contributed by atoms with E-state index in [9.17, 15) is 4.79 Å². The minimum Gasteiger partial charge on any atom is -0.335 e. The van der Waals surface area contributed by atoms with Gasteiger partial charge in [-0.2, -0.15) is 5.10 Å². The molecule has 0 spiro atoms. The number of pyridine rings is 1. The summed E-state index contributed by atoms with van der Waals surface area (Å²) in [6.07, 6.45) is 3.14. The maximum atomic E-state index is 13.7. The van der Waals surface area contributed by atoms with Crippen LogP contribution in [0, 0.1) is 6.92 Å². The molecule has 0 aliphatic carbocycles. The Kier molecular flexibility index (Phi) is 5.18. The molecule has 8 nitrogen and oxygen atoms in total. The molecule has 0 radical (unpaired) electrons. The number of rotatable bonds is 5. The summed E-state index contributed by atoms with van der Waals surface area (Å²) in [5.41, 5.74) is 4.99. The maximum absolute atomic E-state index is 13.7. The van der Waals surface area contributed by atoms with E-state index in [1.54, 1.807) is 23.0 Å². The predicted molar refractivity (Wildman–Crippen MR) is 124 cm³/mol. The summed E-state index contributed by atoms with van der Waals surface area (Å²) in [5, 5.41) is 8.84. The Hall–Kier alpha value is -4.33. The fraction of sp³-hybridized carbons (Fsp3) is 0.160. The van der Waals surface area contributed by atoms with Gasteiger partial charge in [0.15, 0.2) is 0 Å². The van der Waals surface area contributed by atoms with E-state index in [2.05, 4.69) is 20.2 Å². The maximum Gasteiger partial charge on any atom is 0.259 e. The van der Waals surface area contributed by atoms with Gasteiger partial charge in [-0.05, 0) is 37.6 Å². The van der Waals surface area contributed by atoms with Crippen molar-refractivity contribution >= 4 is 17.0 Å². The van der Waals surface area contributed by atoms with Gasteiger partial charge >= 0.3 is 0 Å². The van der Waals surface area contributed by atoms with Gasteiger partial charge < -0.3 is 9.42 Å². The number of benzene rings is 2. The van der Waals surface area contributed by atoms with Crippen LogP contribution in [0.15, 0.2) is 77.8 Å². The van der Waals surface area contributed by atoms with Crippen molar-refractivity contribution in [2.45, 2.75) is 19.9 Å². The van der Waals surface area contributed by atoms with Crippen LogP contribution in [-0.2, 0) is 0 Å². The average Bonchev–Trinajstić information content (AvgIpc) is 3.53. The normalized spacial score (nSPS) is 12.1. The molecule has 0 saturated carbocycles. The highest BCUT2D eigenvalue weighted by molar-refractivity contribution is 6.07. The van der Waals surface area contributed by atoms with Gasteiger partial charge in [-0.1, -0.05) is 47.6 Å². The van der Waals surface area contributed by atoms with Gasteiger partial charge in [-0.3, -0.25) is 4.79 Å². The zero-order valence-electron chi connectivity index (χ0n) is 18.5. The Morgan fingerprint density at radius 1 is 1.09 bits per heavy atom. The molecule has 3 heterocycles. The van der Waals surface area contributed by atoms with Crippen molar-refractivity contribution in [3.63, 3.8) is 0 Å². The molecule has 2 aromatic carbocycles. The Bertz CT molecular complexity index is 1410. The zero-order chi connectivity index (χ0) is 22.9. The van der Waals surface area contributed by atoms with Crippen LogP contribution in [0.1, 0.15) is 34.6 Å². The monoisotopic (exact) mass is 438 g/mol. The SMILES string of the molecule is Cc1noc2nc(-c3ccccc3)cc(C(=O)N(C)[C@@H](C)c3ccc(-n4cncn4)cc3)c12. The first kappa shape index (κ1) is 20.6. The molecule has 5 rings (SSSR count). The molecule has 0 bridgehead atoms. The van der Waals surface area contributed by atoms with Crippen LogP contribution in [-0.4, -0.2) is 42.8 Å². The van der Waals surface area contributed by atoms with Crippen LogP contribution in [0.2, 0.25) is 0 Å². The van der Waals surface area contributed by atoms with Gasteiger partial charge in [0.1, 0.15) is 12.7 Å². The molecule has 1 amide bonds. The topological polar surface area (TPSA) is 89.9 Å². The van der Waals surface area contributed by atoms with E-state index in [1.165, 1.54) is 6.33 Å². The summed E-state index contributed by atoms with van der Waals surface area (Å²) >= 11 is 0. The molecule has 164 valence electrons. The minimum absolute atomic E-state index is 0.126. The quantitative estimate of drug-likeness (QED) is 0.398. The van der Waals surface area contributed by atoms with Gasteiger partial charge in [0.2, 0.25) is 0 Å². The Labute approximate surface area is 190 Å². The van der Waals surface area contributed by atoms with Gasteiger partial charge in [-0.15, -0.1) is 0 Å². The highest BCUT2D eigenvalue weighted by atomic mass is 16.5. The van der Waals surface area contributed by atoms with Crippen molar-refractivity contribution in [1.82, 2.24) is 29.8 Å². The van der Waals surface area contributed by atoms with E-state index in [-0.39, 0.29) is 11.9 Å². The number of hydrogen-bond donors (Lipinski definition) is 0. The molecule has 0 aliphatic rings. The molecular formula is C25H22N6O2. The van der Waals surface area contributed by atoms with E-state index in [4.69, 9.17) is 4.52 Å². The first-order chi connectivity index (χ1) is 16.0. The van der Waals surface area contributed by atoms with Crippen molar-refractivity contribution in [1.29, 1.82) is 0 Å². The summed E-state index contributed by atoms with van der Waals surface area (Å²) in [4.78, 5) is 24.0. The number of hydrogen-bond acceptors (Lipinski definition) is 6. The number of aryl methyl sites for hydroxylation is 1. The van der Waals surface area contributed by atoms with Crippen LogP contribution >= 0.6 is 0 Å². The molecule has 33 heavy (non-hydrogen) atoms. The molecule has 1 atom stereocenters. The van der Waals surface area contributed by atoms with Crippen molar-refractivity contribution in [3.8, 4) is 16.9 Å². The van der Waals surface area contributed by atoms with Crippen molar-refractivity contribution in [2.75, 3.05) is 7.05 Å². The fourth-order valence-corrected chi connectivity index (χ4v) is 3.86. The van der Waals surface area contributed by atoms with Crippen LogP contribution in [0.3, 0.4) is 0 Å². The number of amides is 1. The van der Waals surface area contributed by atoms with E-state index in [1.807, 2.05) is 74.5 Å². The van der Waals surface area contributed by atoms with Crippen LogP contribution in [0.5, 0.6) is 0 Å². The molecule has 0 aliphatic heterocycles. The number of aromatic nitrogens is 5. The van der Waals surface area contributed by atoms with Crippen molar-refractivity contribution in [3.05, 3.63) is 90.1 Å². The van der Waals surface area contributed by atoms with Gasteiger partial charge in [-0.25, -0.2) is 14.6 Å². The molecular weight excluding hydrogens is 416 g/mol. The Balaban J connectivity index is 1.49. The third-order valence-electron chi connectivity index (χ3n) is 5.88. The summed E-state index contributed by atoms with van der Waals surface area (Å²) in [7, 11) is 1.80. The van der Waals surface area contributed by atoms with E-state index < -0.39 is 0 Å². The fourth-order valence-electron chi connectivity index (χ4n) is 3.86. The zero-order valence-corrected chi connectivity index (χ0v) is 18.5. The van der Waals surface area contributed by atoms with E-state index in [0.29, 0.717) is 28.1 Å². The first-order valence-electron chi connectivity index (χ1n) is 10.6. The molecule has 5 aromatic rings. The molecule has 0 saturated heterocycles. The highest BCUT2D eigenvalue weighted by Gasteiger charge is 2.25. The number of nitrogens with zero attached hydrogens (tertiary/aromatic N) is 6. The summed E-state index contributed by atoms with van der Waals surface area (Å²) in [6.45, 7) is 3.82. The lowest BCUT2D eigenvalue weighted by Gasteiger charge is -2.26. The molecule has 0 unspecified atom stereocenters. The standard InChI is InChI=1S/C25H22N6O2/c1-16-23-21(13-22(28-24(23)33-29-16)19-7-5-4-6-8-19)25(32)30(3)17(2)18-9-11-20(12-10-18)31-15-26-14-27-31/h4-15,17H,1-3H3/t17-/m0/s1. The number of carbonyl (C=O) groups excluding carboxylic acids is 1. The van der Waals surface area contributed by atoms with E-state index in [0.717, 1.165) is 16.8 Å². The van der Waals surface area contributed by atoms with Crippen LogP contribution < -0.4 is 0 Å². The number of carbonyl (C=O) groups is 1. The second kappa shape index (κ2) is 8.31. The predicted octanol–water partition coefficient (Wildman–Crippen LogP) is 4.61. The lowest BCUT2D eigenvalue weighted by atomic mass is 10.0. The third kappa shape index (κ3) is 3.76. The summed E-state index contributed by atoms with van der Waals surface area (Å²) in [6, 6.07) is 19.3. The molecule has 8 heteroatoms. The number of fused-ring (bicyclic) bond motifs is 1. The molecule has 0 N–H and O–H groups in total. The first-order valence-corrected chi connectivity index (χ1v) is 10.6. The minimum atomic E-state index is -0.161. The lowest BCUT2D eigenvalue weighted by molar-refractivity contribution is 0.0744. The van der Waals surface area contributed by atoms with Crippen LogP contribution in [0.4, 0.5) is 0 Å². The van der Waals surface area contributed by atoms with Gasteiger partial charge in [0.05, 0.1) is 34.1 Å². The second-order valence-electron chi connectivity index (χ2n) is 7.89. The second-order valence-corrected chi connectivity index (χ2v) is 7.89. The molecule has 3 aromatic heterocycles. The third-order valence-corrected chi connectivity index (χ3v) is 5.88. The lowest BCUT2D eigenvalue weighted by Crippen LogP contribution is -2.30. The molecule has 0 fully saturated rings. The van der Waals surface area contributed by atoms with Gasteiger partial charge in [0.25, 0.3) is 11.6 Å². The summed E-state index contributed by atoms with van der Waals surface area (Å²) < 4.78 is 7.12. The van der Waals surface area contributed by atoms with Crippen molar-refractivity contribution in [2.24, 2.45) is 0 Å². The summed E-state index contributed by atoms with van der Waals surface area (Å²) in [5.74, 6) is -0.126. The van der Waals surface area contributed by atoms with E-state index >= 15 is 0 Å². The highest BCUT2D eigenvalue weighted by Crippen LogP contribution is 2.30. The largest absolute Gasteiger partial charge is 0.335 e. The smallest absolute Gasteiger partial charge is 0.259 e. The Morgan fingerprint density at radius 3 is 2.55 bits per heavy atom. The van der Waals surface area contributed by atoms with Gasteiger partial charge in [0, 0.05) is 12.6 Å².